The number of likely N-dealkylation sites (tertiary alicyclic amines) is 1. The number of nitriles is 1. The standard InChI is InChI=1S/C20H18Cl2F2N4O2S/c1-19(2,11-3-4-13(21)14(22)5-11)18-27-15(9-31-18)17(30)26-8-16(29)28-10-20(23,24)6-12(28)7-25/h3-5,9,12H,6,8,10H2,1-2H3,(H,26,30)/t12-/m0/s1. The number of alkyl halides is 2. The van der Waals surface area contributed by atoms with Crippen molar-refractivity contribution in [2.24, 2.45) is 0 Å². The van der Waals surface area contributed by atoms with E-state index in [0.29, 0.717) is 15.1 Å². The number of carbonyl (C=O) groups is 2. The molecule has 1 aromatic carbocycles. The molecule has 1 N–H and O–H groups in total. The zero-order valence-electron chi connectivity index (χ0n) is 16.6. The molecule has 0 radical (unpaired) electrons. The van der Waals surface area contributed by atoms with E-state index in [1.807, 2.05) is 19.9 Å². The Morgan fingerprint density at radius 2 is 2.10 bits per heavy atom. The molecule has 2 amide bonds. The number of carbonyl (C=O) groups excluding carboxylic acids is 2. The number of thiazole rings is 1. The minimum Gasteiger partial charge on any atom is -0.342 e. The van der Waals surface area contributed by atoms with Crippen LogP contribution < -0.4 is 5.32 Å². The number of hydrogen-bond acceptors (Lipinski definition) is 5. The highest BCUT2D eigenvalue weighted by Gasteiger charge is 2.47. The van der Waals surface area contributed by atoms with Crippen LogP contribution in [0.25, 0.3) is 0 Å². The van der Waals surface area contributed by atoms with Crippen molar-refractivity contribution in [3.63, 3.8) is 0 Å². The fourth-order valence-electron chi connectivity index (χ4n) is 3.22. The molecule has 2 heterocycles. The van der Waals surface area contributed by atoms with Crippen LogP contribution in [0.3, 0.4) is 0 Å². The summed E-state index contributed by atoms with van der Waals surface area (Å²) in [6.45, 7) is 2.51. The van der Waals surface area contributed by atoms with Gasteiger partial charge in [-0.3, -0.25) is 9.59 Å². The van der Waals surface area contributed by atoms with Crippen molar-refractivity contribution < 1.29 is 18.4 Å². The van der Waals surface area contributed by atoms with Crippen molar-refractivity contribution in [2.75, 3.05) is 13.1 Å². The van der Waals surface area contributed by atoms with E-state index in [4.69, 9.17) is 28.5 Å². The first-order valence-corrected chi connectivity index (χ1v) is 10.8. The van der Waals surface area contributed by atoms with Crippen molar-refractivity contribution in [3.8, 4) is 6.07 Å². The summed E-state index contributed by atoms with van der Waals surface area (Å²) in [5.41, 5.74) is 0.398. The fourth-order valence-corrected chi connectivity index (χ4v) is 4.46. The molecule has 0 bridgehead atoms. The maximum absolute atomic E-state index is 13.5. The molecule has 11 heteroatoms. The number of nitrogens with one attached hydrogen (secondary N) is 1. The molecule has 1 atom stereocenters. The Balaban J connectivity index is 1.67. The minimum absolute atomic E-state index is 0.101. The molecule has 1 aliphatic heterocycles. The maximum Gasteiger partial charge on any atom is 0.271 e. The Morgan fingerprint density at radius 1 is 1.39 bits per heavy atom. The zero-order chi connectivity index (χ0) is 23.0. The lowest BCUT2D eigenvalue weighted by atomic mass is 9.85. The molecule has 0 saturated carbocycles. The van der Waals surface area contributed by atoms with E-state index in [1.165, 1.54) is 11.3 Å². The van der Waals surface area contributed by atoms with Crippen LogP contribution in [0.5, 0.6) is 0 Å². The second-order valence-corrected chi connectivity index (χ2v) is 9.37. The van der Waals surface area contributed by atoms with E-state index in [9.17, 15) is 18.4 Å². The van der Waals surface area contributed by atoms with Crippen LogP contribution >= 0.6 is 34.5 Å². The number of halogens is 4. The molecule has 0 aliphatic carbocycles. The lowest BCUT2D eigenvalue weighted by Gasteiger charge is -2.23. The largest absolute Gasteiger partial charge is 0.342 e. The van der Waals surface area contributed by atoms with Gasteiger partial charge in [0.1, 0.15) is 16.7 Å². The molecular formula is C20H18Cl2F2N4O2S. The van der Waals surface area contributed by atoms with Crippen LogP contribution in [-0.4, -0.2) is 46.8 Å². The van der Waals surface area contributed by atoms with Gasteiger partial charge in [-0.25, -0.2) is 13.8 Å². The average Bonchev–Trinajstić information content (AvgIpc) is 3.32. The van der Waals surface area contributed by atoms with Gasteiger partial charge in [-0.1, -0.05) is 29.3 Å². The van der Waals surface area contributed by atoms with Gasteiger partial charge in [0.25, 0.3) is 11.8 Å². The van der Waals surface area contributed by atoms with Gasteiger partial charge in [-0.05, 0) is 31.5 Å². The van der Waals surface area contributed by atoms with Gasteiger partial charge in [0.2, 0.25) is 5.91 Å². The van der Waals surface area contributed by atoms with Gasteiger partial charge in [-0.15, -0.1) is 11.3 Å². The third-order valence-electron chi connectivity index (χ3n) is 5.05. The van der Waals surface area contributed by atoms with E-state index in [2.05, 4.69) is 10.3 Å². The summed E-state index contributed by atoms with van der Waals surface area (Å²) in [5, 5.41) is 14.4. The Labute approximate surface area is 191 Å². The van der Waals surface area contributed by atoms with Gasteiger partial charge in [-0.2, -0.15) is 5.26 Å². The molecule has 6 nitrogen and oxygen atoms in total. The van der Waals surface area contributed by atoms with Gasteiger partial charge >= 0.3 is 0 Å². The number of amides is 2. The van der Waals surface area contributed by atoms with Crippen molar-refractivity contribution >= 4 is 46.4 Å². The Morgan fingerprint density at radius 3 is 2.74 bits per heavy atom. The Bertz CT molecular complexity index is 1070. The van der Waals surface area contributed by atoms with E-state index < -0.39 is 48.7 Å². The topological polar surface area (TPSA) is 86.1 Å². The molecule has 2 aromatic rings. The number of aromatic nitrogens is 1. The molecule has 1 fully saturated rings. The van der Waals surface area contributed by atoms with Gasteiger partial charge in [0.05, 0.1) is 29.2 Å². The van der Waals surface area contributed by atoms with Gasteiger partial charge in [0, 0.05) is 17.2 Å². The number of nitrogens with zero attached hydrogens (tertiary/aromatic N) is 3. The zero-order valence-corrected chi connectivity index (χ0v) is 18.9. The Hall–Kier alpha value is -2.28. The molecule has 0 spiro atoms. The number of hydrogen-bond donors (Lipinski definition) is 1. The first-order chi connectivity index (χ1) is 14.4. The average molecular weight is 487 g/mol. The molecule has 1 saturated heterocycles. The summed E-state index contributed by atoms with van der Waals surface area (Å²) in [5.74, 6) is -4.47. The molecule has 0 unspecified atom stereocenters. The van der Waals surface area contributed by atoms with Crippen molar-refractivity contribution in [2.45, 2.75) is 37.6 Å². The summed E-state index contributed by atoms with van der Waals surface area (Å²) < 4.78 is 27.0. The van der Waals surface area contributed by atoms with E-state index in [1.54, 1.807) is 23.6 Å². The molecule has 1 aliphatic rings. The number of benzene rings is 1. The predicted molar refractivity (Wildman–Crippen MR) is 114 cm³/mol. The highest BCUT2D eigenvalue weighted by molar-refractivity contribution is 7.10. The van der Waals surface area contributed by atoms with E-state index in [0.717, 1.165) is 10.5 Å². The van der Waals surface area contributed by atoms with E-state index in [-0.39, 0.29) is 5.69 Å². The predicted octanol–water partition coefficient (Wildman–Crippen LogP) is 4.27. The third-order valence-corrected chi connectivity index (χ3v) is 6.96. The normalized spacial score (nSPS) is 18.0. The minimum atomic E-state index is -3.11. The van der Waals surface area contributed by atoms with Gasteiger partial charge < -0.3 is 10.2 Å². The molecule has 31 heavy (non-hydrogen) atoms. The van der Waals surface area contributed by atoms with Crippen molar-refractivity contribution in [1.29, 1.82) is 5.26 Å². The summed E-state index contributed by atoms with van der Waals surface area (Å²) in [4.78, 5) is 29.8. The highest BCUT2D eigenvalue weighted by Crippen LogP contribution is 2.36. The summed E-state index contributed by atoms with van der Waals surface area (Å²) >= 11 is 13.4. The first-order valence-electron chi connectivity index (χ1n) is 9.21. The Kier molecular flexibility index (Phi) is 6.56. The monoisotopic (exact) mass is 486 g/mol. The van der Waals surface area contributed by atoms with Crippen molar-refractivity contribution in [1.82, 2.24) is 15.2 Å². The van der Waals surface area contributed by atoms with E-state index >= 15 is 0 Å². The van der Waals surface area contributed by atoms with Crippen LogP contribution in [0.1, 0.15) is 41.3 Å². The smallest absolute Gasteiger partial charge is 0.271 e. The molecular weight excluding hydrogens is 469 g/mol. The molecule has 164 valence electrons. The summed E-state index contributed by atoms with van der Waals surface area (Å²) in [7, 11) is 0. The second-order valence-electron chi connectivity index (χ2n) is 7.70. The summed E-state index contributed by atoms with van der Waals surface area (Å²) in [6, 6.07) is 5.73. The lowest BCUT2D eigenvalue weighted by molar-refractivity contribution is -0.131. The van der Waals surface area contributed by atoms with Crippen LogP contribution in [0, 0.1) is 11.3 Å². The highest BCUT2D eigenvalue weighted by atomic mass is 35.5. The van der Waals surface area contributed by atoms with Crippen LogP contribution in [0.4, 0.5) is 8.78 Å². The second kappa shape index (κ2) is 8.69. The maximum atomic E-state index is 13.5. The molecule has 1 aromatic heterocycles. The van der Waals surface area contributed by atoms with Crippen molar-refractivity contribution in [3.05, 3.63) is 49.9 Å². The van der Waals surface area contributed by atoms with Crippen LogP contribution in [0.2, 0.25) is 10.0 Å². The third kappa shape index (κ3) is 4.97. The van der Waals surface area contributed by atoms with Crippen LogP contribution in [-0.2, 0) is 10.2 Å². The van der Waals surface area contributed by atoms with Gasteiger partial charge in [0.15, 0.2) is 0 Å². The SMILES string of the molecule is CC(C)(c1ccc(Cl)c(Cl)c1)c1nc(C(=O)NCC(=O)N2CC(F)(F)C[C@H]2C#N)cs1. The quantitative estimate of drug-likeness (QED) is 0.683. The van der Waals surface area contributed by atoms with Crippen LogP contribution in [0.15, 0.2) is 23.6 Å². The first kappa shape index (κ1) is 23.4. The molecule has 3 rings (SSSR count). The summed E-state index contributed by atoms with van der Waals surface area (Å²) in [6.07, 6.45) is -0.706. The fraction of sp³-hybridized carbons (Fsp3) is 0.400. The number of rotatable bonds is 5. The lowest BCUT2D eigenvalue weighted by Crippen LogP contribution is -2.43.